The first kappa shape index (κ1) is 28.1. The summed E-state index contributed by atoms with van der Waals surface area (Å²) in [6, 6.07) is 21.1. The number of hydrogen-bond donors (Lipinski definition) is 3. The van der Waals surface area contributed by atoms with Crippen molar-refractivity contribution in [1.29, 1.82) is 0 Å². The molecule has 3 aromatic carbocycles. The lowest BCUT2D eigenvalue weighted by atomic mass is 9.78. The molecule has 0 fully saturated rings. The van der Waals surface area contributed by atoms with E-state index in [1.165, 1.54) is 0 Å². The van der Waals surface area contributed by atoms with E-state index < -0.39 is 0 Å². The van der Waals surface area contributed by atoms with Crippen LogP contribution < -0.4 is 15.4 Å². The summed E-state index contributed by atoms with van der Waals surface area (Å²) < 4.78 is 11.1. The molecule has 0 aromatic heterocycles. The minimum Gasteiger partial charge on any atom is -0.507 e. The van der Waals surface area contributed by atoms with Crippen LogP contribution in [0.2, 0.25) is 0 Å². The second-order valence-corrected chi connectivity index (χ2v) is 11.3. The van der Waals surface area contributed by atoms with Gasteiger partial charge in [-0.2, -0.15) is 0 Å². The van der Waals surface area contributed by atoms with Gasteiger partial charge < -0.3 is 25.2 Å². The van der Waals surface area contributed by atoms with Crippen LogP contribution in [0.25, 0.3) is 0 Å². The molecule has 198 valence electrons. The maximum atomic E-state index is 12.6. The highest BCUT2D eigenvalue weighted by Gasteiger charge is 2.26. The van der Waals surface area contributed by atoms with Crippen molar-refractivity contribution in [2.75, 3.05) is 24.2 Å². The molecular weight excluding hydrogens is 464 g/mol. The molecule has 0 spiro atoms. The molecular formula is C31H40N2O4. The standard InChI is InChI=1S/C31H40N2O4/c1-30(2,3)26-18-22(19-27(29(26)35)31(4,5)6)12-17-28(34)33-24-13-15-25(16-14-24)37-21-36-20-32-23-10-8-7-9-11-23/h7-11,13-16,18-19,32,35H,12,17,20-21H2,1-6H3,(H,33,34). The molecule has 0 aliphatic carbocycles. The number of ether oxygens (including phenoxy) is 2. The lowest BCUT2D eigenvalue weighted by molar-refractivity contribution is -0.116. The van der Waals surface area contributed by atoms with Crippen molar-refractivity contribution in [1.82, 2.24) is 0 Å². The van der Waals surface area contributed by atoms with Gasteiger partial charge in [0, 0.05) is 17.8 Å². The van der Waals surface area contributed by atoms with E-state index in [0.29, 0.717) is 36.8 Å². The molecule has 3 rings (SSSR count). The molecule has 3 N–H and O–H groups in total. The van der Waals surface area contributed by atoms with E-state index in [2.05, 4.69) is 52.2 Å². The van der Waals surface area contributed by atoms with Crippen LogP contribution >= 0.6 is 0 Å². The van der Waals surface area contributed by atoms with E-state index >= 15 is 0 Å². The SMILES string of the molecule is CC(C)(C)c1cc(CCC(=O)Nc2ccc(OCOCNc3ccccc3)cc2)cc(C(C)(C)C)c1O. The minimum atomic E-state index is -0.199. The number of amides is 1. The minimum absolute atomic E-state index is 0.0633. The summed E-state index contributed by atoms with van der Waals surface area (Å²) in [5.41, 5.74) is 4.16. The number of carbonyl (C=O) groups is 1. The molecule has 0 aliphatic heterocycles. The Bertz CT molecular complexity index is 1130. The molecule has 0 unspecified atom stereocenters. The van der Waals surface area contributed by atoms with Crippen LogP contribution in [0.5, 0.6) is 11.5 Å². The first-order chi connectivity index (χ1) is 17.4. The molecule has 0 atom stereocenters. The number of aromatic hydroxyl groups is 1. The van der Waals surface area contributed by atoms with Gasteiger partial charge in [-0.3, -0.25) is 4.79 Å². The smallest absolute Gasteiger partial charge is 0.224 e. The number of carbonyl (C=O) groups excluding carboxylic acids is 1. The van der Waals surface area contributed by atoms with Gasteiger partial charge in [-0.1, -0.05) is 71.9 Å². The number of aryl methyl sites for hydroxylation is 1. The molecule has 1 amide bonds. The average molecular weight is 505 g/mol. The number of rotatable bonds is 10. The van der Waals surface area contributed by atoms with Crippen LogP contribution in [-0.2, 0) is 26.8 Å². The fraction of sp³-hybridized carbons (Fsp3) is 0.387. The lowest BCUT2D eigenvalue weighted by Gasteiger charge is -2.28. The van der Waals surface area contributed by atoms with Gasteiger partial charge >= 0.3 is 0 Å². The normalized spacial score (nSPS) is 11.7. The average Bonchev–Trinajstić information content (AvgIpc) is 2.83. The molecule has 0 bridgehead atoms. The second kappa shape index (κ2) is 12.2. The van der Waals surface area contributed by atoms with E-state index in [0.717, 1.165) is 22.4 Å². The third-order valence-corrected chi connectivity index (χ3v) is 6.03. The Morgan fingerprint density at radius 1 is 0.838 bits per heavy atom. The van der Waals surface area contributed by atoms with Crippen molar-refractivity contribution >= 4 is 17.3 Å². The van der Waals surface area contributed by atoms with Gasteiger partial charge in [0.05, 0.1) is 0 Å². The highest BCUT2D eigenvalue weighted by atomic mass is 16.7. The summed E-state index contributed by atoms with van der Waals surface area (Å²) in [6.45, 7) is 13.0. The van der Waals surface area contributed by atoms with Crippen molar-refractivity contribution in [3.8, 4) is 11.5 Å². The largest absolute Gasteiger partial charge is 0.507 e. The molecule has 0 saturated heterocycles. The van der Waals surface area contributed by atoms with E-state index in [4.69, 9.17) is 9.47 Å². The first-order valence-corrected chi connectivity index (χ1v) is 12.7. The fourth-order valence-corrected chi connectivity index (χ4v) is 3.94. The third kappa shape index (κ3) is 8.53. The van der Waals surface area contributed by atoms with Gasteiger partial charge in [0.15, 0.2) is 6.79 Å². The number of nitrogens with one attached hydrogen (secondary N) is 2. The predicted octanol–water partition coefficient (Wildman–Crippen LogP) is 6.98. The highest BCUT2D eigenvalue weighted by molar-refractivity contribution is 5.90. The quantitative estimate of drug-likeness (QED) is 0.205. The van der Waals surface area contributed by atoms with Crippen LogP contribution in [-0.4, -0.2) is 24.5 Å². The van der Waals surface area contributed by atoms with Gasteiger partial charge in [-0.05, 0) is 70.3 Å². The number of benzene rings is 3. The Morgan fingerprint density at radius 3 is 2.00 bits per heavy atom. The monoisotopic (exact) mass is 504 g/mol. The maximum absolute atomic E-state index is 12.6. The van der Waals surface area contributed by atoms with E-state index in [-0.39, 0.29) is 23.5 Å². The Labute approximate surface area is 221 Å². The van der Waals surface area contributed by atoms with Crippen molar-refractivity contribution in [3.63, 3.8) is 0 Å². The fourth-order valence-electron chi connectivity index (χ4n) is 3.94. The van der Waals surface area contributed by atoms with Crippen LogP contribution in [0, 0.1) is 0 Å². The van der Waals surface area contributed by atoms with Gasteiger partial charge in [0.25, 0.3) is 0 Å². The lowest BCUT2D eigenvalue weighted by Crippen LogP contribution is -2.18. The predicted molar refractivity (Wildman–Crippen MR) is 150 cm³/mol. The Balaban J connectivity index is 1.49. The molecule has 0 heterocycles. The summed E-state index contributed by atoms with van der Waals surface area (Å²) >= 11 is 0. The van der Waals surface area contributed by atoms with E-state index in [1.807, 2.05) is 54.6 Å². The zero-order chi connectivity index (χ0) is 27.1. The molecule has 0 saturated carbocycles. The Morgan fingerprint density at radius 2 is 1.43 bits per heavy atom. The van der Waals surface area contributed by atoms with Crippen LogP contribution in [0.4, 0.5) is 11.4 Å². The second-order valence-electron chi connectivity index (χ2n) is 11.3. The number of phenols is 1. The molecule has 37 heavy (non-hydrogen) atoms. The summed E-state index contributed by atoms with van der Waals surface area (Å²) in [6.07, 6.45) is 0.937. The number of hydrogen-bond acceptors (Lipinski definition) is 5. The zero-order valence-electron chi connectivity index (χ0n) is 22.9. The Hall–Kier alpha value is -3.51. The summed E-state index contributed by atoms with van der Waals surface area (Å²) in [5, 5.41) is 17.0. The van der Waals surface area contributed by atoms with Crippen molar-refractivity contribution in [2.24, 2.45) is 0 Å². The molecule has 3 aromatic rings. The zero-order valence-corrected chi connectivity index (χ0v) is 22.9. The van der Waals surface area contributed by atoms with Crippen molar-refractivity contribution in [3.05, 3.63) is 83.4 Å². The maximum Gasteiger partial charge on any atom is 0.224 e. The van der Waals surface area contributed by atoms with Crippen molar-refractivity contribution < 1.29 is 19.4 Å². The Kier molecular flexibility index (Phi) is 9.22. The van der Waals surface area contributed by atoms with Gasteiger partial charge in [-0.25, -0.2) is 0 Å². The van der Waals surface area contributed by atoms with Crippen LogP contribution in [0.3, 0.4) is 0 Å². The highest BCUT2D eigenvalue weighted by Crippen LogP contribution is 2.40. The molecule has 6 heteroatoms. The summed E-state index contributed by atoms with van der Waals surface area (Å²) in [7, 11) is 0. The number of para-hydroxylation sites is 1. The topological polar surface area (TPSA) is 79.8 Å². The molecule has 0 radical (unpaired) electrons. The van der Waals surface area contributed by atoms with Gasteiger partial charge in [0.1, 0.15) is 18.2 Å². The first-order valence-electron chi connectivity index (χ1n) is 12.7. The third-order valence-electron chi connectivity index (χ3n) is 6.03. The van der Waals surface area contributed by atoms with E-state index in [9.17, 15) is 9.90 Å². The number of phenolic OH excluding ortho intramolecular Hbond substituents is 1. The van der Waals surface area contributed by atoms with Gasteiger partial charge in [0.2, 0.25) is 5.91 Å². The van der Waals surface area contributed by atoms with Crippen LogP contribution in [0.15, 0.2) is 66.7 Å². The van der Waals surface area contributed by atoms with E-state index in [1.54, 1.807) is 12.1 Å². The van der Waals surface area contributed by atoms with Gasteiger partial charge in [-0.15, -0.1) is 0 Å². The van der Waals surface area contributed by atoms with Crippen LogP contribution in [0.1, 0.15) is 64.7 Å². The molecule has 6 nitrogen and oxygen atoms in total. The molecule has 0 aliphatic rings. The summed E-state index contributed by atoms with van der Waals surface area (Å²) in [5.74, 6) is 0.950. The summed E-state index contributed by atoms with van der Waals surface area (Å²) in [4.78, 5) is 12.6. The number of anilines is 2. The van der Waals surface area contributed by atoms with Crippen molar-refractivity contribution in [2.45, 2.75) is 65.2 Å².